The summed E-state index contributed by atoms with van der Waals surface area (Å²) >= 11 is 0. The van der Waals surface area contributed by atoms with Gasteiger partial charge in [-0.3, -0.25) is 4.79 Å². The highest BCUT2D eigenvalue weighted by Crippen LogP contribution is 2.28. The van der Waals surface area contributed by atoms with Crippen LogP contribution in [0.5, 0.6) is 11.5 Å². The minimum atomic E-state index is 0.550. The normalized spacial score (nSPS) is 10.6. The zero-order valence-corrected chi connectivity index (χ0v) is 11.0. The van der Waals surface area contributed by atoms with E-state index in [9.17, 15) is 4.79 Å². The Bertz CT molecular complexity index is 397. The van der Waals surface area contributed by atoms with E-state index in [1.54, 1.807) is 18.2 Å². The molecular formula is C15H20O3. The second-order valence-corrected chi connectivity index (χ2v) is 3.77. The molecule has 1 aromatic rings. The zero-order chi connectivity index (χ0) is 13.2. The van der Waals surface area contributed by atoms with Gasteiger partial charge >= 0.3 is 0 Å². The van der Waals surface area contributed by atoms with Gasteiger partial charge in [-0.05, 0) is 38.0 Å². The van der Waals surface area contributed by atoms with Crippen LogP contribution in [0.2, 0.25) is 0 Å². The van der Waals surface area contributed by atoms with Crippen LogP contribution in [-0.2, 0) is 0 Å². The third-order valence-corrected chi connectivity index (χ3v) is 2.35. The monoisotopic (exact) mass is 248 g/mol. The molecule has 3 heteroatoms. The molecule has 0 fully saturated rings. The van der Waals surface area contributed by atoms with Crippen LogP contribution in [0.1, 0.15) is 37.0 Å². The molecule has 0 radical (unpaired) electrons. The van der Waals surface area contributed by atoms with Crippen molar-refractivity contribution >= 4 is 6.29 Å². The molecule has 3 nitrogen and oxygen atoms in total. The number of rotatable bonds is 8. The van der Waals surface area contributed by atoms with E-state index in [0.29, 0.717) is 30.3 Å². The van der Waals surface area contributed by atoms with Gasteiger partial charge in [0.05, 0.1) is 13.2 Å². The maximum Gasteiger partial charge on any atom is 0.161 e. The van der Waals surface area contributed by atoms with Crippen LogP contribution in [0.15, 0.2) is 30.4 Å². The molecule has 0 saturated carbocycles. The minimum absolute atomic E-state index is 0.550. The maximum atomic E-state index is 10.7. The van der Waals surface area contributed by atoms with Crippen molar-refractivity contribution in [3.63, 3.8) is 0 Å². The summed E-state index contributed by atoms with van der Waals surface area (Å²) < 4.78 is 11.1. The lowest BCUT2D eigenvalue weighted by Crippen LogP contribution is -2.00. The Labute approximate surface area is 108 Å². The number of hydrogen-bond acceptors (Lipinski definition) is 3. The van der Waals surface area contributed by atoms with E-state index in [0.717, 1.165) is 19.1 Å². The van der Waals surface area contributed by atoms with Gasteiger partial charge in [0.25, 0.3) is 0 Å². The van der Waals surface area contributed by atoms with Crippen molar-refractivity contribution in [3.8, 4) is 11.5 Å². The molecule has 1 rings (SSSR count). The van der Waals surface area contributed by atoms with E-state index in [1.165, 1.54) is 0 Å². The molecule has 0 atom stereocenters. The molecule has 0 aromatic heterocycles. The van der Waals surface area contributed by atoms with Crippen molar-refractivity contribution in [2.45, 2.75) is 26.7 Å². The Hall–Kier alpha value is -1.77. The van der Waals surface area contributed by atoms with Crippen LogP contribution in [0.4, 0.5) is 0 Å². The third kappa shape index (κ3) is 4.62. The highest BCUT2D eigenvalue weighted by molar-refractivity contribution is 5.76. The number of ether oxygens (including phenoxy) is 2. The number of aldehydes is 1. The van der Waals surface area contributed by atoms with Crippen molar-refractivity contribution in [3.05, 3.63) is 35.9 Å². The summed E-state index contributed by atoms with van der Waals surface area (Å²) in [5.41, 5.74) is 0.594. The van der Waals surface area contributed by atoms with Crippen LogP contribution >= 0.6 is 0 Å². The molecule has 0 saturated heterocycles. The Morgan fingerprint density at radius 2 is 1.94 bits per heavy atom. The van der Waals surface area contributed by atoms with Crippen LogP contribution in [0.25, 0.3) is 0 Å². The summed E-state index contributed by atoms with van der Waals surface area (Å²) in [7, 11) is 0. The summed E-state index contributed by atoms with van der Waals surface area (Å²) in [6.45, 7) is 5.16. The fraction of sp³-hybridized carbons (Fsp3) is 0.400. The first kappa shape index (κ1) is 14.3. The van der Waals surface area contributed by atoms with Crippen LogP contribution in [0.3, 0.4) is 0 Å². The van der Waals surface area contributed by atoms with Gasteiger partial charge in [0.2, 0.25) is 0 Å². The van der Waals surface area contributed by atoms with Crippen molar-refractivity contribution in [2.24, 2.45) is 0 Å². The summed E-state index contributed by atoms with van der Waals surface area (Å²) in [6.07, 6.45) is 6.92. The lowest BCUT2D eigenvalue weighted by molar-refractivity contribution is 0.112. The van der Waals surface area contributed by atoms with Gasteiger partial charge in [-0.1, -0.05) is 19.1 Å². The molecule has 0 amide bonds. The second-order valence-electron chi connectivity index (χ2n) is 3.77. The van der Waals surface area contributed by atoms with Crippen molar-refractivity contribution in [1.82, 2.24) is 0 Å². The fourth-order valence-electron chi connectivity index (χ4n) is 1.51. The average molecular weight is 248 g/mol. The first-order chi connectivity index (χ1) is 8.81. The van der Waals surface area contributed by atoms with E-state index in [-0.39, 0.29) is 0 Å². The van der Waals surface area contributed by atoms with Crippen molar-refractivity contribution < 1.29 is 14.3 Å². The molecule has 98 valence electrons. The molecule has 0 aliphatic rings. The quantitative estimate of drug-likeness (QED) is 0.400. The van der Waals surface area contributed by atoms with Gasteiger partial charge in [0, 0.05) is 5.56 Å². The van der Waals surface area contributed by atoms with Gasteiger partial charge in [0.1, 0.15) is 6.29 Å². The third-order valence-electron chi connectivity index (χ3n) is 2.35. The van der Waals surface area contributed by atoms with Gasteiger partial charge < -0.3 is 9.47 Å². The fourth-order valence-corrected chi connectivity index (χ4v) is 1.51. The summed E-state index contributed by atoms with van der Waals surface area (Å²) in [6, 6.07) is 5.21. The molecule has 0 heterocycles. The summed E-state index contributed by atoms with van der Waals surface area (Å²) in [5.74, 6) is 1.31. The standard InChI is InChI=1S/C15H20O3/c1-3-5-6-7-10-18-14-9-8-13(12-16)11-15(14)17-4-2/h5-6,8-9,11-12H,3-4,7,10H2,1-2H3/b6-5+. The van der Waals surface area contributed by atoms with E-state index in [2.05, 4.69) is 19.1 Å². The first-order valence-corrected chi connectivity index (χ1v) is 6.31. The van der Waals surface area contributed by atoms with Crippen LogP contribution < -0.4 is 9.47 Å². The second kappa shape index (κ2) is 8.34. The highest BCUT2D eigenvalue weighted by Gasteiger charge is 2.05. The predicted octanol–water partition coefficient (Wildman–Crippen LogP) is 3.63. The molecule has 0 N–H and O–H groups in total. The van der Waals surface area contributed by atoms with Crippen LogP contribution in [-0.4, -0.2) is 19.5 Å². The largest absolute Gasteiger partial charge is 0.490 e. The summed E-state index contributed by atoms with van der Waals surface area (Å²) in [5, 5.41) is 0. The number of hydrogen-bond donors (Lipinski definition) is 0. The molecule has 0 unspecified atom stereocenters. The number of carbonyl (C=O) groups excluding carboxylic acids is 1. The SMILES string of the molecule is CC/C=C/CCOc1ccc(C=O)cc1OCC. The summed E-state index contributed by atoms with van der Waals surface area (Å²) in [4.78, 5) is 10.7. The van der Waals surface area contributed by atoms with Gasteiger partial charge in [0.15, 0.2) is 11.5 Å². The van der Waals surface area contributed by atoms with E-state index >= 15 is 0 Å². The average Bonchev–Trinajstić information content (AvgIpc) is 2.40. The lowest BCUT2D eigenvalue weighted by atomic mass is 10.2. The molecule has 18 heavy (non-hydrogen) atoms. The Kier molecular flexibility index (Phi) is 6.62. The first-order valence-electron chi connectivity index (χ1n) is 6.31. The molecule has 0 aliphatic carbocycles. The molecule has 0 aliphatic heterocycles. The Morgan fingerprint density at radius 3 is 2.61 bits per heavy atom. The molecule has 1 aromatic carbocycles. The van der Waals surface area contributed by atoms with E-state index in [1.807, 2.05) is 6.92 Å². The topological polar surface area (TPSA) is 35.5 Å². The van der Waals surface area contributed by atoms with Crippen molar-refractivity contribution in [2.75, 3.05) is 13.2 Å². The number of benzene rings is 1. The smallest absolute Gasteiger partial charge is 0.161 e. The molecule has 0 bridgehead atoms. The minimum Gasteiger partial charge on any atom is -0.490 e. The van der Waals surface area contributed by atoms with Gasteiger partial charge in [-0.15, -0.1) is 0 Å². The zero-order valence-electron chi connectivity index (χ0n) is 11.0. The Balaban J connectivity index is 2.62. The Morgan fingerprint density at radius 1 is 1.11 bits per heavy atom. The van der Waals surface area contributed by atoms with Crippen LogP contribution in [0, 0.1) is 0 Å². The number of allylic oxidation sites excluding steroid dienone is 1. The van der Waals surface area contributed by atoms with E-state index in [4.69, 9.17) is 9.47 Å². The molecular weight excluding hydrogens is 228 g/mol. The maximum absolute atomic E-state index is 10.7. The van der Waals surface area contributed by atoms with Crippen molar-refractivity contribution in [1.29, 1.82) is 0 Å². The van der Waals surface area contributed by atoms with E-state index < -0.39 is 0 Å². The molecule has 0 spiro atoms. The lowest BCUT2D eigenvalue weighted by Gasteiger charge is -2.11. The van der Waals surface area contributed by atoms with Gasteiger partial charge in [-0.2, -0.15) is 0 Å². The predicted molar refractivity (Wildman–Crippen MR) is 72.5 cm³/mol. The highest BCUT2D eigenvalue weighted by atomic mass is 16.5. The van der Waals surface area contributed by atoms with Gasteiger partial charge in [-0.25, -0.2) is 0 Å². The number of carbonyl (C=O) groups is 1.